The molecule has 25 heavy (non-hydrogen) atoms. The molecule has 1 aromatic rings. The summed E-state index contributed by atoms with van der Waals surface area (Å²) < 4.78 is 16.4. The van der Waals surface area contributed by atoms with E-state index in [9.17, 15) is 20.2 Å². The number of hydrogen-bond donors (Lipinski definition) is 0. The molecule has 134 valence electrons. The van der Waals surface area contributed by atoms with E-state index in [1.54, 1.807) is 13.8 Å². The van der Waals surface area contributed by atoms with Gasteiger partial charge in [-0.2, -0.15) is 0 Å². The number of nitro groups is 2. The van der Waals surface area contributed by atoms with Crippen molar-refractivity contribution in [3.63, 3.8) is 0 Å². The first-order valence-electron chi connectivity index (χ1n) is 7.41. The van der Waals surface area contributed by atoms with Gasteiger partial charge in [0.2, 0.25) is 0 Å². The first kappa shape index (κ1) is 16.9. The van der Waals surface area contributed by atoms with Crippen molar-refractivity contribution >= 4 is 11.5 Å². The Hall–Kier alpha value is -2.95. The average Bonchev–Trinajstić information content (AvgIpc) is 2.54. The van der Waals surface area contributed by atoms with Gasteiger partial charge in [-0.3, -0.25) is 15.0 Å². The topological polar surface area (TPSA) is 136 Å². The SMILES string of the molecule is COc1cc([N+](=O)[O-])c2c(c1OC(C)C)CC1OC2ON=C1[N+](=O)[O-]. The average molecular weight is 353 g/mol. The standard InChI is InChI=1S/C14H15N3O8/c1-6(2)23-12-7-4-10-13(17(20)21)15-25-14(24-10)11(7)8(16(18)19)5-9(12)22-3/h5-6,10,14H,4H2,1-3H3. The van der Waals surface area contributed by atoms with Crippen LogP contribution >= 0.6 is 0 Å². The van der Waals surface area contributed by atoms with Crippen LogP contribution in [0, 0.1) is 20.2 Å². The van der Waals surface area contributed by atoms with Crippen LogP contribution in [-0.2, 0) is 16.0 Å². The molecule has 0 aromatic heterocycles. The van der Waals surface area contributed by atoms with Crippen molar-refractivity contribution < 1.29 is 28.9 Å². The van der Waals surface area contributed by atoms with Crippen LogP contribution in [0.15, 0.2) is 11.2 Å². The van der Waals surface area contributed by atoms with Gasteiger partial charge in [-0.1, -0.05) is 0 Å². The predicted molar refractivity (Wildman–Crippen MR) is 82.2 cm³/mol. The van der Waals surface area contributed by atoms with E-state index < -0.39 is 28.1 Å². The molecule has 11 heteroatoms. The van der Waals surface area contributed by atoms with Crippen molar-refractivity contribution in [3.05, 3.63) is 37.4 Å². The summed E-state index contributed by atoms with van der Waals surface area (Å²) in [5.41, 5.74) is 0.227. The van der Waals surface area contributed by atoms with Gasteiger partial charge in [0, 0.05) is 12.0 Å². The summed E-state index contributed by atoms with van der Waals surface area (Å²) in [5, 5.41) is 26.0. The van der Waals surface area contributed by atoms with Gasteiger partial charge in [0.25, 0.3) is 12.0 Å². The highest BCUT2D eigenvalue weighted by atomic mass is 16.8. The molecular weight excluding hydrogens is 338 g/mol. The van der Waals surface area contributed by atoms with Crippen LogP contribution < -0.4 is 9.47 Å². The zero-order chi connectivity index (χ0) is 18.3. The minimum atomic E-state index is -1.22. The molecule has 0 saturated heterocycles. The van der Waals surface area contributed by atoms with Crippen molar-refractivity contribution in [1.82, 2.24) is 0 Å². The maximum atomic E-state index is 11.5. The number of amidine groups is 1. The molecule has 2 heterocycles. The van der Waals surface area contributed by atoms with Gasteiger partial charge in [0.05, 0.1) is 24.2 Å². The lowest BCUT2D eigenvalue weighted by molar-refractivity contribution is -0.391. The van der Waals surface area contributed by atoms with Gasteiger partial charge < -0.3 is 24.3 Å². The molecule has 2 atom stereocenters. The van der Waals surface area contributed by atoms with Crippen LogP contribution in [0.5, 0.6) is 11.5 Å². The lowest BCUT2D eigenvalue weighted by Crippen LogP contribution is -2.41. The Morgan fingerprint density at radius 1 is 1.32 bits per heavy atom. The van der Waals surface area contributed by atoms with Crippen LogP contribution in [0.25, 0.3) is 0 Å². The molecule has 0 N–H and O–H groups in total. The first-order chi connectivity index (χ1) is 11.8. The van der Waals surface area contributed by atoms with Crippen molar-refractivity contribution in [3.8, 4) is 11.5 Å². The summed E-state index contributed by atoms with van der Waals surface area (Å²) in [7, 11) is 1.36. The molecule has 2 aliphatic heterocycles. The van der Waals surface area contributed by atoms with E-state index in [2.05, 4.69) is 5.16 Å². The lowest BCUT2D eigenvalue weighted by Gasteiger charge is -2.31. The van der Waals surface area contributed by atoms with Crippen molar-refractivity contribution in [2.75, 3.05) is 7.11 Å². The van der Waals surface area contributed by atoms with Gasteiger partial charge in [0.1, 0.15) is 5.56 Å². The Balaban J connectivity index is 2.21. The summed E-state index contributed by atoms with van der Waals surface area (Å²) in [5.74, 6) is -0.0498. The van der Waals surface area contributed by atoms with E-state index in [1.165, 1.54) is 13.2 Å². The predicted octanol–water partition coefficient (Wildman–Crippen LogP) is 1.95. The Bertz CT molecular complexity index is 776. The van der Waals surface area contributed by atoms with Crippen LogP contribution in [0.1, 0.15) is 31.3 Å². The molecule has 0 amide bonds. The molecule has 2 bridgehead atoms. The first-order valence-corrected chi connectivity index (χ1v) is 7.41. The van der Waals surface area contributed by atoms with Gasteiger partial charge >= 0.3 is 5.84 Å². The minimum Gasteiger partial charge on any atom is -0.493 e. The normalized spacial score (nSPS) is 21.0. The smallest absolute Gasteiger partial charge is 0.414 e. The number of oxime groups is 1. The Kier molecular flexibility index (Phi) is 4.17. The molecule has 2 aliphatic rings. The number of nitrogens with zero attached hydrogens (tertiary/aromatic N) is 3. The zero-order valence-electron chi connectivity index (χ0n) is 13.6. The minimum absolute atomic E-state index is 0.0187. The fourth-order valence-corrected chi connectivity index (χ4v) is 2.82. The van der Waals surface area contributed by atoms with Crippen LogP contribution in [0.2, 0.25) is 0 Å². The van der Waals surface area contributed by atoms with Crippen molar-refractivity contribution in [1.29, 1.82) is 0 Å². The highest BCUT2D eigenvalue weighted by Gasteiger charge is 2.48. The third-order valence-corrected chi connectivity index (χ3v) is 3.77. The Labute approximate surface area is 141 Å². The zero-order valence-corrected chi connectivity index (χ0v) is 13.6. The quantitative estimate of drug-likeness (QED) is 0.592. The third-order valence-electron chi connectivity index (χ3n) is 3.77. The van der Waals surface area contributed by atoms with E-state index >= 15 is 0 Å². The molecule has 2 unspecified atom stereocenters. The molecule has 3 rings (SSSR count). The highest BCUT2D eigenvalue weighted by Crippen LogP contribution is 2.48. The van der Waals surface area contributed by atoms with E-state index in [1.807, 2.05) is 0 Å². The summed E-state index contributed by atoms with van der Waals surface area (Å²) in [6.45, 7) is 3.57. The molecule has 11 nitrogen and oxygen atoms in total. The summed E-state index contributed by atoms with van der Waals surface area (Å²) >= 11 is 0. The fraction of sp³-hybridized carbons (Fsp3) is 0.500. The van der Waals surface area contributed by atoms with Gasteiger partial charge in [-0.15, -0.1) is 0 Å². The summed E-state index contributed by atoms with van der Waals surface area (Å²) in [6.07, 6.45) is -2.48. The van der Waals surface area contributed by atoms with Crippen LogP contribution in [0.4, 0.5) is 5.69 Å². The summed E-state index contributed by atoms with van der Waals surface area (Å²) in [6, 6.07) is 1.22. The number of nitro benzene ring substituents is 1. The van der Waals surface area contributed by atoms with E-state index in [0.29, 0.717) is 5.56 Å². The molecule has 1 aromatic carbocycles. The number of ether oxygens (including phenoxy) is 3. The highest BCUT2D eigenvalue weighted by molar-refractivity contribution is 5.80. The molecule has 0 saturated carbocycles. The van der Waals surface area contributed by atoms with Gasteiger partial charge in [-0.25, -0.2) is 0 Å². The number of hydrogen-bond acceptors (Lipinski definition) is 9. The second kappa shape index (κ2) is 6.16. The fourth-order valence-electron chi connectivity index (χ4n) is 2.82. The van der Waals surface area contributed by atoms with E-state index in [-0.39, 0.29) is 35.3 Å². The van der Waals surface area contributed by atoms with E-state index in [0.717, 1.165) is 0 Å². The maximum absolute atomic E-state index is 11.5. The van der Waals surface area contributed by atoms with Crippen LogP contribution in [-0.4, -0.2) is 35.0 Å². The third kappa shape index (κ3) is 2.82. The molecule has 0 fully saturated rings. The second-order valence-corrected chi connectivity index (χ2v) is 5.72. The molecular formula is C14H15N3O8. The molecule has 0 spiro atoms. The van der Waals surface area contributed by atoms with E-state index in [4.69, 9.17) is 19.0 Å². The van der Waals surface area contributed by atoms with Gasteiger partial charge in [-0.05, 0) is 18.8 Å². The Morgan fingerprint density at radius 2 is 2.04 bits per heavy atom. The molecule has 0 aliphatic carbocycles. The number of methoxy groups -OCH3 is 1. The van der Waals surface area contributed by atoms with Crippen molar-refractivity contribution in [2.24, 2.45) is 5.16 Å². The second-order valence-electron chi connectivity index (χ2n) is 5.72. The Morgan fingerprint density at radius 3 is 2.60 bits per heavy atom. The number of benzene rings is 1. The maximum Gasteiger partial charge on any atom is 0.414 e. The summed E-state index contributed by atoms with van der Waals surface area (Å²) in [4.78, 5) is 26.2. The lowest BCUT2D eigenvalue weighted by atomic mass is 9.93. The monoisotopic (exact) mass is 353 g/mol. The van der Waals surface area contributed by atoms with Gasteiger partial charge in [0.15, 0.2) is 22.8 Å². The number of rotatable bonds is 4. The largest absolute Gasteiger partial charge is 0.493 e. The van der Waals surface area contributed by atoms with Crippen LogP contribution in [0.3, 0.4) is 0 Å². The number of fused-ring (bicyclic) bond motifs is 4. The molecule has 0 radical (unpaired) electrons. The van der Waals surface area contributed by atoms with Crippen molar-refractivity contribution in [2.45, 2.75) is 38.8 Å².